The van der Waals surface area contributed by atoms with Crippen LogP contribution >= 0.6 is 22.9 Å². The quantitative estimate of drug-likeness (QED) is 0.784. The Bertz CT molecular complexity index is 1000. The Morgan fingerprint density at radius 3 is 2.45 bits per heavy atom. The average Bonchev–Trinajstić information content (AvgIpc) is 2.76. The van der Waals surface area contributed by atoms with E-state index in [2.05, 4.69) is 0 Å². The number of nitrogens with two attached hydrogens (primary N) is 1. The molecule has 0 radical (unpaired) electrons. The van der Waals surface area contributed by atoms with Crippen molar-refractivity contribution in [3.8, 4) is 0 Å². The van der Waals surface area contributed by atoms with Crippen LogP contribution in [-0.2, 0) is 16.6 Å². The molecule has 2 N–H and O–H groups in total. The molecular weight excluding hydrogens is 344 g/mol. The molecular formula is C14H11ClN2O3S2. The number of rotatable bonds is 3. The highest BCUT2D eigenvalue weighted by Gasteiger charge is 2.13. The monoisotopic (exact) mass is 354 g/mol. The van der Waals surface area contributed by atoms with Crippen molar-refractivity contribution in [2.24, 2.45) is 5.14 Å². The number of hydrogen-bond donors (Lipinski definition) is 1. The SMILES string of the molecule is NS(=O)(=O)c1ccc2c(c1)sc(=O)n2Cc1ccc(Cl)cc1. The van der Waals surface area contributed by atoms with Gasteiger partial charge >= 0.3 is 4.87 Å². The van der Waals surface area contributed by atoms with Crippen molar-refractivity contribution in [1.82, 2.24) is 4.57 Å². The van der Waals surface area contributed by atoms with Gasteiger partial charge in [0.15, 0.2) is 0 Å². The molecule has 1 aromatic heterocycles. The largest absolute Gasteiger partial charge is 0.308 e. The number of benzene rings is 2. The van der Waals surface area contributed by atoms with E-state index in [0.29, 0.717) is 21.8 Å². The molecule has 0 saturated heterocycles. The van der Waals surface area contributed by atoms with Crippen LogP contribution in [0.15, 0.2) is 52.2 Å². The lowest BCUT2D eigenvalue weighted by atomic mass is 10.2. The molecule has 0 aliphatic rings. The molecule has 0 aliphatic carbocycles. The Hall–Kier alpha value is -1.67. The van der Waals surface area contributed by atoms with Crippen LogP contribution in [-0.4, -0.2) is 13.0 Å². The first-order chi connectivity index (χ1) is 10.3. The summed E-state index contributed by atoms with van der Waals surface area (Å²) in [4.78, 5) is 12.0. The molecule has 8 heteroatoms. The van der Waals surface area contributed by atoms with Crippen molar-refractivity contribution in [3.63, 3.8) is 0 Å². The van der Waals surface area contributed by atoms with E-state index >= 15 is 0 Å². The van der Waals surface area contributed by atoms with Gasteiger partial charge in [-0.1, -0.05) is 35.1 Å². The van der Waals surface area contributed by atoms with Crippen molar-refractivity contribution in [2.45, 2.75) is 11.4 Å². The Balaban J connectivity index is 2.09. The van der Waals surface area contributed by atoms with Crippen LogP contribution in [0.25, 0.3) is 10.2 Å². The van der Waals surface area contributed by atoms with E-state index in [1.807, 2.05) is 12.1 Å². The average molecular weight is 355 g/mol. The Labute approximate surface area is 135 Å². The van der Waals surface area contributed by atoms with Gasteiger partial charge in [-0.3, -0.25) is 9.36 Å². The lowest BCUT2D eigenvalue weighted by Gasteiger charge is -2.05. The second kappa shape index (κ2) is 5.51. The van der Waals surface area contributed by atoms with Crippen molar-refractivity contribution in [3.05, 3.63) is 62.7 Å². The van der Waals surface area contributed by atoms with Gasteiger partial charge in [-0.25, -0.2) is 13.6 Å². The molecule has 2 aromatic carbocycles. The van der Waals surface area contributed by atoms with Crippen LogP contribution in [0.3, 0.4) is 0 Å². The normalized spacial score (nSPS) is 11.9. The summed E-state index contributed by atoms with van der Waals surface area (Å²) in [5.41, 5.74) is 1.61. The van der Waals surface area contributed by atoms with Crippen LogP contribution in [0.2, 0.25) is 5.02 Å². The molecule has 0 aliphatic heterocycles. The third-order valence-corrected chi connectivity index (χ3v) is 5.33. The topological polar surface area (TPSA) is 82.2 Å². The van der Waals surface area contributed by atoms with Gasteiger partial charge in [0, 0.05) is 5.02 Å². The molecule has 5 nitrogen and oxygen atoms in total. The number of sulfonamides is 1. The van der Waals surface area contributed by atoms with Crippen molar-refractivity contribution in [2.75, 3.05) is 0 Å². The van der Waals surface area contributed by atoms with Crippen LogP contribution in [0, 0.1) is 0 Å². The molecule has 0 unspecified atom stereocenters. The first-order valence-electron chi connectivity index (χ1n) is 6.25. The maximum absolute atomic E-state index is 12.1. The summed E-state index contributed by atoms with van der Waals surface area (Å²) < 4.78 is 24.9. The molecule has 0 spiro atoms. The van der Waals surface area contributed by atoms with Gasteiger partial charge in [-0.2, -0.15) is 0 Å². The van der Waals surface area contributed by atoms with Crippen LogP contribution < -0.4 is 10.0 Å². The molecule has 0 bridgehead atoms. The predicted octanol–water partition coefficient (Wildman–Crippen LogP) is 2.41. The summed E-state index contributed by atoms with van der Waals surface area (Å²) in [5.74, 6) is 0. The fourth-order valence-corrected chi connectivity index (χ4v) is 3.82. The number of aromatic nitrogens is 1. The van der Waals surface area contributed by atoms with Gasteiger partial charge in [0.2, 0.25) is 10.0 Å². The Morgan fingerprint density at radius 2 is 1.82 bits per heavy atom. The molecule has 3 aromatic rings. The zero-order valence-electron chi connectivity index (χ0n) is 11.2. The second-order valence-electron chi connectivity index (χ2n) is 4.76. The molecule has 114 valence electrons. The van der Waals surface area contributed by atoms with Crippen molar-refractivity contribution >= 4 is 43.2 Å². The third kappa shape index (κ3) is 2.93. The molecule has 0 amide bonds. The van der Waals surface area contributed by atoms with Gasteiger partial charge in [-0.05, 0) is 35.9 Å². The first-order valence-corrected chi connectivity index (χ1v) is 8.99. The van der Waals surface area contributed by atoms with Crippen LogP contribution in [0.1, 0.15) is 5.56 Å². The summed E-state index contributed by atoms with van der Waals surface area (Å²) in [7, 11) is -3.78. The number of hydrogen-bond acceptors (Lipinski definition) is 4. The fourth-order valence-electron chi connectivity index (χ4n) is 2.15. The van der Waals surface area contributed by atoms with Crippen LogP contribution in [0.5, 0.6) is 0 Å². The highest BCUT2D eigenvalue weighted by Crippen LogP contribution is 2.22. The molecule has 0 atom stereocenters. The van der Waals surface area contributed by atoms with E-state index in [1.54, 1.807) is 22.8 Å². The Morgan fingerprint density at radius 1 is 1.14 bits per heavy atom. The van der Waals surface area contributed by atoms with E-state index in [9.17, 15) is 13.2 Å². The standard InChI is InChI=1S/C14H11ClN2O3S2/c15-10-3-1-9(2-4-10)8-17-12-6-5-11(22(16,19)20)7-13(12)21-14(17)18/h1-7H,8H2,(H2,16,19,20). The summed E-state index contributed by atoms with van der Waals surface area (Å²) in [6.07, 6.45) is 0. The van der Waals surface area contributed by atoms with Crippen molar-refractivity contribution in [1.29, 1.82) is 0 Å². The third-order valence-electron chi connectivity index (χ3n) is 3.22. The molecule has 3 rings (SSSR count). The highest BCUT2D eigenvalue weighted by molar-refractivity contribution is 7.89. The fraction of sp³-hybridized carbons (Fsp3) is 0.0714. The summed E-state index contributed by atoms with van der Waals surface area (Å²) >= 11 is 6.84. The summed E-state index contributed by atoms with van der Waals surface area (Å²) in [6.45, 7) is 0.394. The number of primary sulfonamides is 1. The minimum absolute atomic E-state index is 0.0000991. The maximum atomic E-state index is 12.1. The zero-order chi connectivity index (χ0) is 15.9. The van der Waals surface area contributed by atoms with E-state index in [1.165, 1.54) is 12.1 Å². The lowest BCUT2D eigenvalue weighted by Crippen LogP contribution is -2.14. The first kappa shape index (κ1) is 15.2. The number of nitrogens with zero attached hydrogens (tertiary/aromatic N) is 1. The second-order valence-corrected chi connectivity index (χ2v) is 7.75. The minimum atomic E-state index is -3.78. The van der Waals surface area contributed by atoms with Gasteiger partial charge in [0.25, 0.3) is 0 Å². The smallest absolute Gasteiger partial charge is 0.294 e. The van der Waals surface area contributed by atoms with Gasteiger partial charge < -0.3 is 0 Å². The number of thiazole rings is 1. The molecule has 0 saturated carbocycles. The number of halogens is 1. The summed E-state index contributed by atoms with van der Waals surface area (Å²) in [6, 6.07) is 11.6. The van der Waals surface area contributed by atoms with Crippen LogP contribution in [0.4, 0.5) is 0 Å². The number of fused-ring (bicyclic) bond motifs is 1. The van der Waals surface area contributed by atoms with E-state index in [0.717, 1.165) is 16.9 Å². The van der Waals surface area contributed by atoms with Gasteiger partial charge in [-0.15, -0.1) is 0 Å². The predicted molar refractivity (Wildman–Crippen MR) is 88.0 cm³/mol. The van der Waals surface area contributed by atoms with Gasteiger partial charge in [0.1, 0.15) is 0 Å². The van der Waals surface area contributed by atoms with E-state index < -0.39 is 10.0 Å². The van der Waals surface area contributed by atoms with E-state index in [-0.39, 0.29) is 9.77 Å². The molecule has 1 heterocycles. The minimum Gasteiger partial charge on any atom is -0.294 e. The summed E-state index contributed by atoms with van der Waals surface area (Å²) in [5, 5.41) is 5.74. The Kier molecular flexibility index (Phi) is 3.82. The molecule has 0 fully saturated rings. The van der Waals surface area contributed by atoms with Gasteiger partial charge in [0.05, 0.1) is 21.7 Å². The zero-order valence-corrected chi connectivity index (χ0v) is 13.6. The highest BCUT2D eigenvalue weighted by atomic mass is 35.5. The lowest BCUT2D eigenvalue weighted by molar-refractivity contribution is 0.598. The van der Waals surface area contributed by atoms with E-state index in [4.69, 9.17) is 16.7 Å². The molecule has 22 heavy (non-hydrogen) atoms. The van der Waals surface area contributed by atoms with Crippen molar-refractivity contribution < 1.29 is 8.42 Å². The maximum Gasteiger partial charge on any atom is 0.308 e.